The second-order valence-corrected chi connectivity index (χ2v) is 3.60. The largest absolute Gasteiger partial charge is 0.466 e. The molecular weight excluding hydrogens is 245 g/mol. The maximum atomic E-state index is 13.4. The van der Waals surface area contributed by atoms with Crippen LogP contribution in [0.15, 0.2) is 12.1 Å². The van der Waals surface area contributed by atoms with Crippen molar-refractivity contribution in [2.24, 2.45) is 0 Å². The highest BCUT2D eigenvalue weighted by molar-refractivity contribution is 6.17. The fourth-order valence-corrected chi connectivity index (χ4v) is 1.59. The molecule has 0 aliphatic heterocycles. The molecule has 17 heavy (non-hydrogen) atoms. The predicted octanol–water partition coefficient (Wildman–Crippen LogP) is 2.54. The number of alkyl halides is 1. The number of benzene rings is 1. The van der Waals surface area contributed by atoms with Crippen LogP contribution in [-0.4, -0.2) is 12.6 Å². The van der Waals surface area contributed by atoms with E-state index in [2.05, 4.69) is 0 Å². The highest BCUT2D eigenvalue weighted by Gasteiger charge is 2.13. The Kier molecular flexibility index (Phi) is 4.92. The molecule has 0 aliphatic rings. The Morgan fingerprint density at radius 1 is 1.53 bits per heavy atom. The first-order valence-corrected chi connectivity index (χ1v) is 5.58. The van der Waals surface area contributed by atoms with Crippen LogP contribution < -0.4 is 0 Å². The number of esters is 1. The van der Waals surface area contributed by atoms with Crippen molar-refractivity contribution in [1.82, 2.24) is 0 Å². The van der Waals surface area contributed by atoms with Crippen LogP contribution >= 0.6 is 11.6 Å². The molecule has 1 rings (SSSR count). The van der Waals surface area contributed by atoms with Crippen molar-refractivity contribution >= 4 is 17.6 Å². The second kappa shape index (κ2) is 6.21. The van der Waals surface area contributed by atoms with Crippen molar-refractivity contribution in [3.05, 3.63) is 34.6 Å². The van der Waals surface area contributed by atoms with Gasteiger partial charge >= 0.3 is 5.97 Å². The average Bonchev–Trinajstić information content (AvgIpc) is 2.31. The first-order chi connectivity index (χ1) is 8.12. The fourth-order valence-electron chi connectivity index (χ4n) is 1.39. The van der Waals surface area contributed by atoms with Crippen LogP contribution in [0.4, 0.5) is 4.39 Å². The Labute approximate surface area is 104 Å². The van der Waals surface area contributed by atoms with Crippen molar-refractivity contribution in [3.63, 3.8) is 0 Å². The number of nitrogens with zero attached hydrogens (tertiary/aromatic N) is 1. The van der Waals surface area contributed by atoms with Gasteiger partial charge in [-0.1, -0.05) is 0 Å². The van der Waals surface area contributed by atoms with Crippen LogP contribution in [0.5, 0.6) is 0 Å². The van der Waals surface area contributed by atoms with Gasteiger partial charge in [0.25, 0.3) is 0 Å². The number of carbonyl (C=O) groups excluding carboxylic acids is 1. The Morgan fingerprint density at radius 2 is 2.24 bits per heavy atom. The molecule has 0 saturated carbocycles. The van der Waals surface area contributed by atoms with E-state index in [0.717, 1.165) is 6.07 Å². The minimum Gasteiger partial charge on any atom is -0.466 e. The van der Waals surface area contributed by atoms with Gasteiger partial charge in [-0.2, -0.15) is 5.26 Å². The first-order valence-electron chi connectivity index (χ1n) is 5.05. The molecule has 0 fully saturated rings. The predicted molar refractivity (Wildman–Crippen MR) is 61.0 cm³/mol. The van der Waals surface area contributed by atoms with Gasteiger partial charge in [0.1, 0.15) is 5.82 Å². The van der Waals surface area contributed by atoms with Crippen LogP contribution in [-0.2, 0) is 21.8 Å². The molecular formula is C12H11ClFNO2. The second-order valence-electron chi connectivity index (χ2n) is 3.33. The topological polar surface area (TPSA) is 50.1 Å². The number of carbonyl (C=O) groups is 1. The number of nitriles is 1. The summed E-state index contributed by atoms with van der Waals surface area (Å²) in [5.41, 5.74) is 0.831. The molecule has 0 bridgehead atoms. The standard InChI is InChI=1S/C12H11ClFNO2/c1-2-17-12(16)5-8-3-9(6-13)11(14)4-10(8)7-15/h3-4H,2,5-6H2,1H3. The van der Waals surface area contributed by atoms with Crippen LogP contribution in [0.2, 0.25) is 0 Å². The normalized spacial score (nSPS) is 9.76. The molecule has 90 valence electrons. The maximum absolute atomic E-state index is 13.4. The monoisotopic (exact) mass is 255 g/mol. The van der Waals surface area contributed by atoms with Crippen LogP contribution in [0, 0.1) is 17.1 Å². The van der Waals surface area contributed by atoms with Gasteiger partial charge in [-0.15, -0.1) is 11.6 Å². The Hall–Kier alpha value is -1.60. The van der Waals surface area contributed by atoms with Gasteiger partial charge in [-0.05, 0) is 24.6 Å². The summed E-state index contributed by atoms with van der Waals surface area (Å²) >= 11 is 5.56. The summed E-state index contributed by atoms with van der Waals surface area (Å²) in [6.07, 6.45) is -0.0547. The lowest BCUT2D eigenvalue weighted by Crippen LogP contribution is -2.09. The van der Waals surface area contributed by atoms with Gasteiger partial charge in [0, 0.05) is 5.56 Å². The summed E-state index contributed by atoms with van der Waals surface area (Å²) in [5, 5.41) is 8.85. The Bertz CT molecular complexity index is 468. The van der Waals surface area contributed by atoms with Crippen LogP contribution in [0.25, 0.3) is 0 Å². The molecule has 0 radical (unpaired) electrons. The Balaban J connectivity index is 3.05. The van der Waals surface area contributed by atoms with E-state index in [9.17, 15) is 9.18 Å². The lowest BCUT2D eigenvalue weighted by Gasteiger charge is -2.07. The number of halogens is 2. The third-order valence-electron chi connectivity index (χ3n) is 2.18. The van der Waals surface area contributed by atoms with E-state index in [4.69, 9.17) is 21.6 Å². The molecule has 3 nitrogen and oxygen atoms in total. The molecule has 0 heterocycles. The molecule has 0 atom stereocenters. The third-order valence-corrected chi connectivity index (χ3v) is 2.46. The molecule has 0 N–H and O–H groups in total. The van der Waals surface area contributed by atoms with E-state index in [1.807, 2.05) is 6.07 Å². The van der Waals surface area contributed by atoms with Crippen molar-refractivity contribution in [3.8, 4) is 6.07 Å². The molecule has 1 aromatic rings. The van der Waals surface area contributed by atoms with E-state index in [1.54, 1.807) is 6.92 Å². The zero-order valence-corrected chi connectivity index (χ0v) is 10.1. The van der Waals surface area contributed by atoms with Crippen molar-refractivity contribution in [2.45, 2.75) is 19.2 Å². The quantitative estimate of drug-likeness (QED) is 0.614. The highest BCUT2D eigenvalue weighted by Crippen LogP contribution is 2.18. The highest BCUT2D eigenvalue weighted by atomic mass is 35.5. The zero-order chi connectivity index (χ0) is 12.8. The molecule has 0 unspecified atom stereocenters. The number of rotatable bonds is 4. The summed E-state index contributed by atoms with van der Waals surface area (Å²) in [6, 6.07) is 4.36. The lowest BCUT2D eigenvalue weighted by molar-refractivity contribution is -0.142. The zero-order valence-electron chi connectivity index (χ0n) is 9.30. The molecule has 5 heteroatoms. The smallest absolute Gasteiger partial charge is 0.310 e. The van der Waals surface area contributed by atoms with E-state index < -0.39 is 11.8 Å². The van der Waals surface area contributed by atoms with Crippen molar-refractivity contribution < 1.29 is 13.9 Å². The van der Waals surface area contributed by atoms with E-state index in [0.29, 0.717) is 5.56 Å². The van der Waals surface area contributed by atoms with Gasteiger partial charge in [0.15, 0.2) is 0 Å². The van der Waals surface area contributed by atoms with Crippen molar-refractivity contribution in [1.29, 1.82) is 5.26 Å². The molecule has 0 saturated heterocycles. The summed E-state index contributed by atoms with van der Waals surface area (Å²) in [5.74, 6) is -0.992. The average molecular weight is 256 g/mol. The molecule has 0 spiro atoms. The number of hydrogen-bond donors (Lipinski definition) is 0. The van der Waals surface area contributed by atoms with Gasteiger partial charge in [0.05, 0.1) is 30.5 Å². The summed E-state index contributed by atoms with van der Waals surface area (Å²) in [7, 11) is 0. The SMILES string of the molecule is CCOC(=O)Cc1cc(CCl)c(F)cc1C#N. The summed E-state index contributed by atoms with van der Waals surface area (Å²) in [4.78, 5) is 11.3. The van der Waals surface area contributed by atoms with Crippen molar-refractivity contribution in [2.75, 3.05) is 6.61 Å². The van der Waals surface area contributed by atoms with Crippen LogP contribution in [0.3, 0.4) is 0 Å². The maximum Gasteiger partial charge on any atom is 0.310 e. The van der Waals surface area contributed by atoms with Gasteiger partial charge in [-0.25, -0.2) is 4.39 Å². The minimum absolute atomic E-state index is 0.00658. The molecule has 1 aromatic carbocycles. The minimum atomic E-state index is -0.538. The molecule has 0 aliphatic carbocycles. The van der Waals surface area contributed by atoms with E-state index >= 15 is 0 Å². The fraction of sp³-hybridized carbons (Fsp3) is 0.333. The van der Waals surface area contributed by atoms with E-state index in [1.165, 1.54) is 6.07 Å². The molecule has 0 aromatic heterocycles. The summed E-state index contributed by atoms with van der Waals surface area (Å²) in [6.45, 7) is 1.96. The third kappa shape index (κ3) is 3.43. The number of ether oxygens (including phenoxy) is 1. The van der Waals surface area contributed by atoms with Crippen LogP contribution in [0.1, 0.15) is 23.6 Å². The Morgan fingerprint density at radius 3 is 2.76 bits per heavy atom. The van der Waals surface area contributed by atoms with Gasteiger partial charge in [0.2, 0.25) is 0 Å². The van der Waals surface area contributed by atoms with Gasteiger partial charge < -0.3 is 4.74 Å². The number of hydrogen-bond acceptors (Lipinski definition) is 3. The first kappa shape index (κ1) is 13.5. The van der Waals surface area contributed by atoms with Gasteiger partial charge in [-0.3, -0.25) is 4.79 Å². The summed E-state index contributed by atoms with van der Waals surface area (Å²) < 4.78 is 18.1. The molecule has 0 amide bonds. The lowest BCUT2D eigenvalue weighted by atomic mass is 10.0. The van der Waals surface area contributed by atoms with E-state index in [-0.39, 0.29) is 30.0 Å².